The Morgan fingerprint density at radius 2 is 1.80 bits per heavy atom. The Bertz CT molecular complexity index is 1020. The maximum absolute atomic E-state index is 11.8. The van der Waals surface area contributed by atoms with E-state index in [4.69, 9.17) is 37.9 Å². The first-order valence-electron chi connectivity index (χ1n) is 11.6. The molecule has 0 unspecified atom stereocenters. The molecule has 0 bridgehead atoms. The van der Waals surface area contributed by atoms with E-state index in [1.165, 1.54) is 12.3 Å². The highest BCUT2D eigenvalue weighted by molar-refractivity contribution is 5.15. The van der Waals surface area contributed by atoms with Gasteiger partial charge in [-0.2, -0.15) is 4.98 Å². The number of ether oxygens (including phenoxy) is 8. The molecule has 0 spiro atoms. The quantitative estimate of drug-likeness (QED) is 0.222. The van der Waals surface area contributed by atoms with Crippen molar-refractivity contribution >= 4 is 0 Å². The summed E-state index contributed by atoms with van der Waals surface area (Å²) in [6, 6.07) is 1.39. The van der Waals surface area contributed by atoms with Gasteiger partial charge in [0, 0.05) is 57.1 Å². The first kappa shape index (κ1) is 24.4. The number of rotatable bonds is 8. The van der Waals surface area contributed by atoms with E-state index in [0.29, 0.717) is 52.1 Å². The van der Waals surface area contributed by atoms with Crippen LogP contribution in [-0.2, 0) is 33.2 Å². The number of nitrogens with zero attached hydrogens (tertiary/aromatic N) is 5. The molecule has 3 fully saturated rings. The molecule has 4 aliphatic rings. The van der Waals surface area contributed by atoms with Gasteiger partial charge in [-0.1, -0.05) is 5.11 Å². The molecular weight excluding hydrogens is 466 g/mol. The molecule has 0 saturated carbocycles. The molecule has 1 aromatic heterocycles. The predicted molar refractivity (Wildman–Crippen MR) is 115 cm³/mol. The Morgan fingerprint density at radius 1 is 1.14 bits per heavy atom. The van der Waals surface area contributed by atoms with Gasteiger partial charge >= 0.3 is 6.01 Å². The highest BCUT2D eigenvalue weighted by atomic mass is 16.7. The highest BCUT2D eigenvalue weighted by Gasteiger charge is 2.63. The molecule has 0 aromatic carbocycles. The van der Waals surface area contributed by atoms with E-state index in [1.807, 2.05) is 0 Å². The molecule has 1 aromatic rings. The Labute approximate surface area is 200 Å². The number of hydrogen-bond donors (Lipinski definition) is 0. The van der Waals surface area contributed by atoms with Crippen LogP contribution in [0.25, 0.3) is 10.4 Å². The van der Waals surface area contributed by atoms with Crippen LogP contribution in [0.3, 0.4) is 0 Å². The average Bonchev–Trinajstić information content (AvgIpc) is 3.37. The van der Waals surface area contributed by atoms with E-state index in [9.17, 15) is 10.3 Å². The smallest absolute Gasteiger partial charge is 0.302 e. The average molecular weight is 495 g/mol. The number of hydrogen-bond acceptors (Lipinski definition) is 11. The summed E-state index contributed by atoms with van der Waals surface area (Å²) in [7, 11) is 3.11. The third-order valence-electron chi connectivity index (χ3n) is 7.02. The molecule has 5 rings (SSSR count). The van der Waals surface area contributed by atoms with Crippen LogP contribution in [0.15, 0.2) is 22.2 Å². The van der Waals surface area contributed by atoms with E-state index in [-0.39, 0.29) is 12.6 Å². The SMILES string of the molecule is COC1(OC[C@@]2(N=[N+]=[N-])O[C@@H]3[C@@H](Oc4nc(=O)ccn43)[C@@H]2OC2(OC)CCOCC2)CCOCC1. The third-order valence-corrected chi connectivity index (χ3v) is 7.02. The van der Waals surface area contributed by atoms with Crippen molar-refractivity contribution < 1.29 is 37.9 Å². The zero-order valence-corrected chi connectivity index (χ0v) is 19.7. The number of aromatic nitrogens is 2. The normalized spacial score (nSPS) is 32.8. The van der Waals surface area contributed by atoms with Gasteiger partial charge in [-0.3, -0.25) is 9.36 Å². The lowest BCUT2D eigenvalue weighted by atomic mass is 10.0. The molecule has 0 radical (unpaired) electrons. The van der Waals surface area contributed by atoms with Gasteiger partial charge in [0.15, 0.2) is 23.9 Å². The van der Waals surface area contributed by atoms with E-state index < -0.39 is 41.3 Å². The minimum atomic E-state index is -1.63. The van der Waals surface area contributed by atoms with Crippen molar-refractivity contribution in [1.82, 2.24) is 9.55 Å². The van der Waals surface area contributed by atoms with Gasteiger partial charge < -0.3 is 37.9 Å². The van der Waals surface area contributed by atoms with Gasteiger partial charge in [0.2, 0.25) is 5.72 Å². The molecular formula is C21H29N5O9. The molecule has 4 aliphatic heterocycles. The molecule has 192 valence electrons. The van der Waals surface area contributed by atoms with Crippen molar-refractivity contribution in [2.75, 3.05) is 47.3 Å². The summed E-state index contributed by atoms with van der Waals surface area (Å²) in [5.74, 6) is -1.95. The topological polar surface area (TPSA) is 157 Å². The fourth-order valence-corrected chi connectivity index (χ4v) is 4.95. The number of methoxy groups -OCH3 is 2. The fraction of sp³-hybridized carbons (Fsp3) is 0.810. The minimum absolute atomic E-state index is 0.0905. The van der Waals surface area contributed by atoms with Crippen molar-refractivity contribution in [3.63, 3.8) is 0 Å². The summed E-state index contributed by atoms with van der Waals surface area (Å²) in [4.78, 5) is 18.8. The Morgan fingerprint density at radius 3 is 2.43 bits per heavy atom. The van der Waals surface area contributed by atoms with Crippen molar-refractivity contribution in [2.45, 2.75) is 61.4 Å². The van der Waals surface area contributed by atoms with Crippen LogP contribution in [0.5, 0.6) is 6.01 Å². The molecule has 4 atom stereocenters. The third kappa shape index (κ3) is 4.41. The summed E-state index contributed by atoms with van der Waals surface area (Å²) in [6.07, 6.45) is 0.887. The lowest BCUT2D eigenvalue weighted by Gasteiger charge is -2.43. The van der Waals surface area contributed by atoms with Gasteiger partial charge in [0.05, 0.1) is 33.0 Å². The van der Waals surface area contributed by atoms with Crippen molar-refractivity contribution in [2.24, 2.45) is 5.11 Å². The van der Waals surface area contributed by atoms with E-state index in [0.717, 1.165) is 0 Å². The predicted octanol–water partition coefficient (Wildman–Crippen LogP) is 1.25. The van der Waals surface area contributed by atoms with Crippen LogP contribution in [-0.4, -0.2) is 86.3 Å². The Hall–Kier alpha value is -2.29. The summed E-state index contributed by atoms with van der Waals surface area (Å²) < 4.78 is 49.2. The van der Waals surface area contributed by atoms with Gasteiger partial charge in [-0.15, -0.1) is 0 Å². The molecule has 14 nitrogen and oxygen atoms in total. The van der Waals surface area contributed by atoms with Gasteiger partial charge in [0.1, 0.15) is 6.10 Å². The molecule has 0 amide bonds. The summed E-state index contributed by atoms with van der Waals surface area (Å²) in [5.41, 5.74) is 7.48. The summed E-state index contributed by atoms with van der Waals surface area (Å²) in [6.45, 7) is 1.63. The minimum Gasteiger partial charge on any atom is -0.453 e. The first-order valence-corrected chi connectivity index (χ1v) is 11.6. The number of fused-ring (bicyclic) bond motifs is 3. The van der Waals surface area contributed by atoms with Crippen LogP contribution in [0.2, 0.25) is 0 Å². The van der Waals surface area contributed by atoms with Crippen LogP contribution >= 0.6 is 0 Å². The Kier molecular flexibility index (Phi) is 6.72. The fourth-order valence-electron chi connectivity index (χ4n) is 4.95. The Balaban J connectivity index is 1.50. The van der Waals surface area contributed by atoms with Crippen molar-refractivity contribution in [3.8, 4) is 6.01 Å². The van der Waals surface area contributed by atoms with Gasteiger partial charge in [0.25, 0.3) is 5.56 Å². The highest BCUT2D eigenvalue weighted by Crippen LogP contribution is 2.49. The van der Waals surface area contributed by atoms with Crippen LogP contribution in [0, 0.1) is 0 Å². The molecule has 3 saturated heterocycles. The lowest BCUT2D eigenvalue weighted by Crippen LogP contribution is -2.56. The van der Waals surface area contributed by atoms with Crippen LogP contribution in [0.1, 0.15) is 31.9 Å². The maximum Gasteiger partial charge on any atom is 0.302 e. The van der Waals surface area contributed by atoms with Crippen molar-refractivity contribution in [1.29, 1.82) is 0 Å². The van der Waals surface area contributed by atoms with Crippen molar-refractivity contribution in [3.05, 3.63) is 33.1 Å². The molecule has 0 N–H and O–H groups in total. The van der Waals surface area contributed by atoms with Gasteiger partial charge in [-0.05, 0) is 5.53 Å². The van der Waals surface area contributed by atoms with E-state index >= 15 is 0 Å². The number of azide groups is 1. The summed E-state index contributed by atoms with van der Waals surface area (Å²) in [5, 5.41) is 4.05. The zero-order valence-electron chi connectivity index (χ0n) is 19.7. The molecule has 35 heavy (non-hydrogen) atoms. The van der Waals surface area contributed by atoms with E-state index in [1.54, 1.807) is 18.8 Å². The molecule has 14 heteroatoms. The monoisotopic (exact) mass is 495 g/mol. The summed E-state index contributed by atoms with van der Waals surface area (Å²) >= 11 is 0. The zero-order chi connectivity index (χ0) is 24.5. The molecule has 0 aliphatic carbocycles. The maximum atomic E-state index is 11.8. The first-order chi connectivity index (χ1) is 17.0. The lowest BCUT2D eigenvalue weighted by molar-refractivity contribution is -0.315. The second-order valence-electron chi connectivity index (χ2n) is 8.86. The van der Waals surface area contributed by atoms with Crippen LogP contribution in [0.4, 0.5) is 0 Å². The second-order valence-corrected chi connectivity index (χ2v) is 8.86. The van der Waals surface area contributed by atoms with Gasteiger partial charge in [-0.25, -0.2) is 0 Å². The standard InChI is InChI=1S/C21H29N5O9/c1-28-19(4-9-30-10-5-19)32-13-21(24-25-22)16(34-20(29-2)6-11-31-12-7-20)15-17(35-21)26-8-3-14(27)23-18(26)33-15/h3,8,15-17H,4-7,9-13H2,1-2H3/t15-,16-,17+,21+/m0/s1. The molecule has 5 heterocycles. The largest absolute Gasteiger partial charge is 0.453 e. The van der Waals surface area contributed by atoms with E-state index in [2.05, 4.69) is 15.0 Å². The van der Waals surface area contributed by atoms with Crippen LogP contribution < -0.4 is 10.3 Å². The second kappa shape index (κ2) is 9.64.